The monoisotopic (exact) mass is 537 g/mol. The summed E-state index contributed by atoms with van der Waals surface area (Å²) in [5.41, 5.74) is 2.00. The number of nitrogens with zero attached hydrogens (tertiary/aromatic N) is 3. The highest BCUT2D eigenvalue weighted by Crippen LogP contribution is 2.40. The van der Waals surface area contributed by atoms with Crippen LogP contribution in [0.3, 0.4) is 0 Å². The van der Waals surface area contributed by atoms with Crippen molar-refractivity contribution in [2.24, 2.45) is 5.92 Å². The number of likely N-dealkylation sites (tertiary alicyclic amines) is 1. The summed E-state index contributed by atoms with van der Waals surface area (Å²) in [6.45, 7) is 10.7. The minimum Gasteiger partial charge on any atom is -0.508 e. The molecular weight excluding hydrogens is 494 g/mol. The number of carbonyl (C=O) groups is 2. The number of carbonyl (C=O) groups excluding carboxylic acids is 1. The summed E-state index contributed by atoms with van der Waals surface area (Å²) >= 11 is 0. The van der Waals surface area contributed by atoms with E-state index in [2.05, 4.69) is 29.7 Å². The Morgan fingerprint density at radius 2 is 1.79 bits per heavy atom. The molecule has 2 N–H and O–H groups in total. The van der Waals surface area contributed by atoms with Gasteiger partial charge in [0, 0.05) is 52.1 Å². The molecule has 2 fully saturated rings. The molecule has 0 spiro atoms. The van der Waals surface area contributed by atoms with Gasteiger partial charge >= 0.3 is 5.97 Å². The summed E-state index contributed by atoms with van der Waals surface area (Å²) in [6, 6.07) is 16.2. The largest absolute Gasteiger partial charge is 0.508 e. The van der Waals surface area contributed by atoms with Crippen LogP contribution in [0.5, 0.6) is 5.75 Å². The van der Waals surface area contributed by atoms with E-state index in [1.54, 1.807) is 11.0 Å². The number of hydrogen-bond acceptors (Lipinski definition) is 6. The average Bonchev–Trinajstić information content (AvgIpc) is 2.94. The lowest BCUT2D eigenvalue weighted by Crippen LogP contribution is -2.52. The van der Waals surface area contributed by atoms with Gasteiger partial charge in [-0.2, -0.15) is 0 Å². The van der Waals surface area contributed by atoms with Crippen molar-refractivity contribution in [1.82, 2.24) is 14.7 Å². The molecule has 2 heterocycles. The van der Waals surface area contributed by atoms with Gasteiger partial charge < -0.3 is 24.7 Å². The quantitative estimate of drug-likeness (QED) is 0.455. The number of hydrogen-bond donors (Lipinski definition) is 2. The summed E-state index contributed by atoms with van der Waals surface area (Å²) in [5.74, 6) is -0.455. The highest BCUT2D eigenvalue weighted by molar-refractivity contribution is 5.84. The van der Waals surface area contributed by atoms with E-state index >= 15 is 0 Å². The van der Waals surface area contributed by atoms with Crippen LogP contribution in [0.1, 0.15) is 37.8 Å². The number of carboxylic acids is 1. The normalized spacial score (nSPS) is 23.3. The van der Waals surface area contributed by atoms with Crippen LogP contribution in [0.25, 0.3) is 0 Å². The first kappa shape index (κ1) is 29.1. The fourth-order valence-electron chi connectivity index (χ4n) is 5.90. The number of phenols is 1. The second kappa shape index (κ2) is 13.4. The molecule has 212 valence electrons. The van der Waals surface area contributed by atoms with E-state index in [4.69, 9.17) is 4.74 Å². The molecule has 4 rings (SSSR count). The first-order chi connectivity index (χ1) is 18.8. The number of aromatic hydroxyl groups is 1. The molecule has 3 atom stereocenters. The number of phenolic OH excluding ortho intramolecular Hbond substituents is 1. The van der Waals surface area contributed by atoms with Crippen molar-refractivity contribution < 1.29 is 24.5 Å². The molecule has 8 nitrogen and oxygen atoms in total. The molecular formula is C31H43N3O5. The van der Waals surface area contributed by atoms with Gasteiger partial charge in [-0.3, -0.25) is 9.69 Å². The predicted molar refractivity (Wildman–Crippen MR) is 151 cm³/mol. The Hall–Kier alpha value is -2.94. The van der Waals surface area contributed by atoms with E-state index in [0.29, 0.717) is 38.8 Å². The molecule has 0 unspecified atom stereocenters. The smallest absolute Gasteiger partial charge is 0.326 e. The fourth-order valence-corrected chi connectivity index (χ4v) is 5.90. The topological polar surface area (TPSA) is 93.6 Å². The van der Waals surface area contributed by atoms with Crippen molar-refractivity contribution in [3.8, 4) is 5.75 Å². The molecule has 0 aliphatic carbocycles. The number of carboxylic acid groups (broad SMARTS) is 1. The Balaban J connectivity index is 1.40. The lowest BCUT2D eigenvalue weighted by atomic mass is 9.68. The second-order valence-electron chi connectivity index (χ2n) is 11.3. The number of aliphatic carboxylic acids is 1. The molecule has 2 aliphatic rings. The van der Waals surface area contributed by atoms with E-state index < -0.39 is 12.0 Å². The molecule has 39 heavy (non-hydrogen) atoms. The van der Waals surface area contributed by atoms with Crippen LogP contribution in [0.15, 0.2) is 54.6 Å². The molecule has 8 heteroatoms. The third-order valence-corrected chi connectivity index (χ3v) is 8.73. The van der Waals surface area contributed by atoms with Crippen LogP contribution in [0.4, 0.5) is 0 Å². The van der Waals surface area contributed by atoms with Gasteiger partial charge in [-0.25, -0.2) is 4.79 Å². The van der Waals surface area contributed by atoms with Crippen molar-refractivity contribution in [3.05, 3.63) is 65.7 Å². The molecule has 2 aromatic rings. The van der Waals surface area contributed by atoms with Gasteiger partial charge in [0.05, 0.1) is 13.2 Å². The Bertz CT molecular complexity index is 1090. The number of piperidine rings is 1. The van der Waals surface area contributed by atoms with Gasteiger partial charge in [-0.15, -0.1) is 0 Å². The zero-order chi connectivity index (χ0) is 27.8. The summed E-state index contributed by atoms with van der Waals surface area (Å²) in [6.07, 6.45) is 1.50. The zero-order valence-corrected chi connectivity index (χ0v) is 23.3. The summed E-state index contributed by atoms with van der Waals surface area (Å²) in [7, 11) is 0. The van der Waals surface area contributed by atoms with E-state index in [1.165, 1.54) is 0 Å². The average molecular weight is 538 g/mol. The summed E-state index contributed by atoms with van der Waals surface area (Å²) in [5, 5.41) is 20.2. The van der Waals surface area contributed by atoms with Crippen LogP contribution in [-0.4, -0.2) is 102 Å². The Morgan fingerprint density at radius 3 is 2.46 bits per heavy atom. The summed E-state index contributed by atoms with van der Waals surface area (Å²) in [4.78, 5) is 32.2. The molecule has 2 aromatic carbocycles. The van der Waals surface area contributed by atoms with Crippen molar-refractivity contribution in [3.63, 3.8) is 0 Å². The van der Waals surface area contributed by atoms with Crippen LogP contribution in [0.2, 0.25) is 0 Å². The lowest BCUT2D eigenvalue weighted by molar-refractivity contribution is -0.150. The van der Waals surface area contributed by atoms with Crippen LogP contribution in [-0.2, 0) is 26.2 Å². The maximum Gasteiger partial charge on any atom is 0.326 e. The minimum atomic E-state index is -0.970. The molecule has 0 saturated carbocycles. The number of rotatable bonds is 11. The van der Waals surface area contributed by atoms with E-state index in [9.17, 15) is 19.8 Å². The lowest BCUT2D eigenvalue weighted by Gasteiger charge is -2.45. The minimum absolute atomic E-state index is 0.0481. The third-order valence-electron chi connectivity index (χ3n) is 8.73. The van der Waals surface area contributed by atoms with Crippen molar-refractivity contribution in [1.29, 1.82) is 0 Å². The number of morpholine rings is 1. The molecule has 2 saturated heterocycles. The molecule has 2 aliphatic heterocycles. The standard InChI is InChI=1S/C31H43N3O5/c1-24-23-33(14-12-31(24,2)26-9-6-10-27(35)22-26)13-11-29(36)34(16-15-32-17-19-39-20-18-32)28(30(37)38)21-25-7-4-3-5-8-25/h3-10,22,24,28,35H,11-21,23H2,1-2H3,(H,37,38)/t24-,28-,31+/m0/s1. The van der Waals surface area contributed by atoms with E-state index in [0.717, 1.165) is 43.7 Å². The van der Waals surface area contributed by atoms with Crippen LogP contribution < -0.4 is 0 Å². The van der Waals surface area contributed by atoms with Gasteiger partial charge in [0.1, 0.15) is 11.8 Å². The molecule has 0 radical (unpaired) electrons. The van der Waals surface area contributed by atoms with Crippen LogP contribution in [0, 0.1) is 5.92 Å². The molecule has 1 amide bonds. The predicted octanol–water partition coefficient (Wildman–Crippen LogP) is 3.24. The van der Waals surface area contributed by atoms with Crippen molar-refractivity contribution in [2.45, 2.75) is 44.6 Å². The van der Waals surface area contributed by atoms with Gasteiger partial charge in [0.15, 0.2) is 0 Å². The van der Waals surface area contributed by atoms with Gasteiger partial charge in [0.25, 0.3) is 0 Å². The number of ether oxygens (including phenoxy) is 1. The van der Waals surface area contributed by atoms with Gasteiger partial charge in [0.2, 0.25) is 5.91 Å². The van der Waals surface area contributed by atoms with E-state index in [-0.39, 0.29) is 29.9 Å². The number of amides is 1. The van der Waals surface area contributed by atoms with Crippen molar-refractivity contribution >= 4 is 11.9 Å². The Kier molecular flexibility index (Phi) is 9.99. The highest BCUT2D eigenvalue weighted by atomic mass is 16.5. The second-order valence-corrected chi connectivity index (χ2v) is 11.3. The van der Waals surface area contributed by atoms with Gasteiger partial charge in [-0.05, 0) is 47.6 Å². The molecule has 0 aromatic heterocycles. The van der Waals surface area contributed by atoms with Crippen LogP contribution >= 0.6 is 0 Å². The SMILES string of the molecule is C[C@H]1CN(CCC(=O)N(CCN2CCOCC2)[C@@H](Cc2ccccc2)C(=O)O)CC[C@@]1(C)c1cccc(O)c1. The van der Waals surface area contributed by atoms with Crippen molar-refractivity contribution in [2.75, 3.05) is 59.0 Å². The van der Waals surface area contributed by atoms with E-state index in [1.807, 2.05) is 42.5 Å². The Labute approximate surface area is 232 Å². The molecule has 0 bridgehead atoms. The summed E-state index contributed by atoms with van der Waals surface area (Å²) < 4.78 is 5.45. The van der Waals surface area contributed by atoms with Gasteiger partial charge in [-0.1, -0.05) is 56.3 Å². The first-order valence-corrected chi connectivity index (χ1v) is 14.1. The maximum atomic E-state index is 13.6. The fraction of sp³-hybridized carbons (Fsp3) is 0.548. The Morgan fingerprint density at radius 1 is 1.05 bits per heavy atom. The third kappa shape index (κ3) is 7.59. The first-order valence-electron chi connectivity index (χ1n) is 14.1. The zero-order valence-electron chi connectivity index (χ0n) is 23.3. The number of benzene rings is 2. The maximum absolute atomic E-state index is 13.6. The highest BCUT2D eigenvalue weighted by Gasteiger charge is 2.38.